The van der Waals surface area contributed by atoms with E-state index in [1.165, 1.54) is 4.40 Å². The monoisotopic (exact) mass is 314 g/mol. The predicted octanol–water partition coefficient (Wildman–Crippen LogP) is 0.951. The number of carbonyl (C=O) groups excluding carboxylic acids is 1. The summed E-state index contributed by atoms with van der Waals surface area (Å²) in [6, 6.07) is 6.80. The third-order valence-electron chi connectivity index (χ3n) is 3.74. The van der Waals surface area contributed by atoms with E-state index in [9.17, 15) is 9.59 Å². The maximum atomic E-state index is 12.6. The molecule has 0 fully saturated rings. The average Bonchev–Trinajstić information content (AvgIpc) is 2.85. The number of aryl methyl sites for hydroxylation is 1. The zero-order chi connectivity index (χ0) is 16.6. The van der Waals surface area contributed by atoms with Crippen molar-refractivity contribution in [1.29, 1.82) is 0 Å². The lowest BCUT2D eigenvalue weighted by molar-refractivity contribution is 0.0898. The van der Waals surface area contributed by atoms with Gasteiger partial charge in [-0.05, 0) is 25.1 Å². The smallest absolute Gasteiger partial charge is 0.268 e. The minimum absolute atomic E-state index is 0.126. The summed E-state index contributed by atoms with van der Waals surface area (Å²) in [7, 11) is 3.31. The molecule has 0 saturated carbocycles. The molecule has 0 unspecified atom stereocenters. The van der Waals surface area contributed by atoms with Gasteiger partial charge in [0.2, 0.25) is 0 Å². The Labute approximate surface area is 132 Å². The molecule has 0 aliphatic carbocycles. The van der Waals surface area contributed by atoms with Gasteiger partial charge < -0.3 is 14.6 Å². The Morgan fingerprint density at radius 1 is 1.43 bits per heavy atom. The molecule has 3 aromatic rings. The van der Waals surface area contributed by atoms with Crippen LogP contribution in [0.4, 0.5) is 0 Å². The van der Waals surface area contributed by atoms with Gasteiger partial charge in [0.1, 0.15) is 17.0 Å². The number of rotatable bonds is 4. The zero-order valence-electron chi connectivity index (χ0n) is 13.2. The van der Waals surface area contributed by atoms with Crippen LogP contribution in [0, 0.1) is 0 Å². The Kier molecular flexibility index (Phi) is 3.87. The molecule has 1 atom stereocenters. The Morgan fingerprint density at radius 2 is 2.22 bits per heavy atom. The summed E-state index contributed by atoms with van der Waals surface area (Å²) in [5.41, 5.74) is 1.24. The fourth-order valence-corrected chi connectivity index (χ4v) is 2.63. The molecule has 1 N–H and O–H groups in total. The molecule has 7 nitrogen and oxygen atoms in total. The molecule has 23 heavy (non-hydrogen) atoms. The first-order valence-corrected chi connectivity index (χ1v) is 7.29. The number of aromatic nitrogens is 3. The third-order valence-corrected chi connectivity index (χ3v) is 3.74. The van der Waals surface area contributed by atoms with Crippen molar-refractivity contribution >= 4 is 22.6 Å². The lowest BCUT2D eigenvalue weighted by Crippen LogP contribution is -2.36. The molecule has 3 heterocycles. The van der Waals surface area contributed by atoms with Gasteiger partial charge in [0.05, 0.1) is 12.0 Å². The summed E-state index contributed by atoms with van der Waals surface area (Å²) in [5, 5.41) is 3.26. The summed E-state index contributed by atoms with van der Waals surface area (Å²) in [6.45, 7) is 2.27. The van der Waals surface area contributed by atoms with Crippen molar-refractivity contribution in [3.8, 4) is 0 Å². The van der Waals surface area contributed by atoms with Gasteiger partial charge in [-0.25, -0.2) is 4.98 Å². The molecular formula is C16H18N4O3. The lowest BCUT2D eigenvalue weighted by atomic mass is 10.3. The number of nitrogens with zero attached hydrogens (tertiary/aromatic N) is 3. The van der Waals surface area contributed by atoms with Crippen LogP contribution in [0.5, 0.6) is 0 Å². The van der Waals surface area contributed by atoms with Crippen molar-refractivity contribution in [1.82, 2.24) is 19.3 Å². The number of pyridine rings is 1. The van der Waals surface area contributed by atoms with Gasteiger partial charge in [-0.15, -0.1) is 0 Å². The summed E-state index contributed by atoms with van der Waals surface area (Å²) < 4.78 is 8.12. The normalized spacial score (nSPS) is 12.7. The number of amides is 1. The van der Waals surface area contributed by atoms with E-state index < -0.39 is 0 Å². The van der Waals surface area contributed by atoms with Gasteiger partial charge in [-0.3, -0.25) is 14.0 Å². The van der Waals surface area contributed by atoms with Crippen LogP contribution in [0.15, 0.2) is 35.3 Å². The fourth-order valence-electron chi connectivity index (χ4n) is 2.63. The minimum atomic E-state index is -0.261. The van der Waals surface area contributed by atoms with Crippen LogP contribution in [-0.4, -0.2) is 39.6 Å². The van der Waals surface area contributed by atoms with Crippen LogP contribution >= 0.6 is 0 Å². The Balaban J connectivity index is 2.11. The molecule has 3 aromatic heterocycles. The molecule has 0 aromatic carbocycles. The minimum Gasteiger partial charge on any atom is -0.383 e. The summed E-state index contributed by atoms with van der Waals surface area (Å²) in [4.78, 5) is 29.4. The number of ether oxygens (including phenoxy) is 1. The lowest BCUT2D eigenvalue weighted by Gasteiger charge is -2.12. The molecule has 0 bridgehead atoms. The van der Waals surface area contributed by atoms with Crippen molar-refractivity contribution in [3.05, 3.63) is 46.5 Å². The first kappa shape index (κ1) is 15.2. The number of methoxy groups -OCH3 is 1. The Hall–Kier alpha value is -2.67. The number of nitrogens with one attached hydrogen (secondary N) is 1. The fraction of sp³-hybridized carbons (Fsp3) is 0.312. The Bertz CT molecular complexity index is 942. The van der Waals surface area contributed by atoms with Gasteiger partial charge in [-0.1, -0.05) is 6.07 Å². The molecule has 7 heteroatoms. The van der Waals surface area contributed by atoms with Gasteiger partial charge in [-0.2, -0.15) is 0 Å². The van der Waals surface area contributed by atoms with E-state index in [4.69, 9.17) is 4.74 Å². The van der Waals surface area contributed by atoms with E-state index in [0.29, 0.717) is 29.0 Å². The predicted molar refractivity (Wildman–Crippen MR) is 86.7 cm³/mol. The summed E-state index contributed by atoms with van der Waals surface area (Å²) in [6.07, 6.45) is 1.66. The van der Waals surface area contributed by atoms with Crippen LogP contribution in [0.25, 0.3) is 16.7 Å². The summed E-state index contributed by atoms with van der Waals surface area (Å²) in [5.74, 6) is -0.261. The van der Waals surface area contributed by atoms with Gasteiger partial charge >= 0.3 is 0 Å². The zero-order valence-corrected chi connectivity index (χ0v) is 13.2. The second-order valence-corrected chi connectivity index (χ2v) is 5.50. The highest BCUT2D eigenvalue weighted by Gasteiger charge is 2.18. The second kappa shape index (κ2) is 5.85. The molecule has 0 radical (unpaired) electrons. The highest BCUT2D eigenvalue weighted by atomic mass is 16.5. The van der Waals surface area contributed by atoms with Crippen molar-refractivity contribution < 1.29 is 9.53 Å². The standard InChI is InChI=1S/C16H18N4O3/c1-10(9-23-3)17-15(21)12-8-11-14(19(12)2)18-13-6-4-5-7-20(13)16(11)22/h4-8,10H,9H2,1-3H3,(H,17,21)/t10-/m0/s1. The number of carbonyl (C=O) groups is 1. The first-order chi connectivity index (χ1) is 11.0. The van der Waals surface area contributed by atoms with Crippen molar-refractivity contribution in [2.24, 2.45) is 7.05 Å². The van der Waals surface area contributed by atoms with Gasteiger partial charge in [0.15, 0.2) is 0 Å². The van der Waals surface area contributed by atoms with Crippen LogP contribution < -0.4 is 10.9 Å². The molecule has 0 spiro atoms. The number of hydrogen-bond acceptors (Lipinski definition) is 4. The van der Waals surface area contributed by atoms with Crippen molar-refractivity contribution in [2.75, 3.05) is 13.7 Å². The second-order valence-electron chi connectivity index (χ2n) is 5.50. The van der Waals surface area contributed by atoms with Gasteiger partial charge in [0.25, 0.3) is 11.5 Å². The van der Waals surface area contributed by atoms with Crippen molar-refractivity contribution in [2.45, 2.75) is 13.0 Å². The maximum Gasteiger partial charge on any atom is 0.268 e. The number of fused-ring (bicyclic) bond motifs is 2. The molecule has 0 saturated heterocycles. The van der Waals surface area contributed by atoms with E-state index in [2.05, 4.69) is 10.3 Å². The van der Waals surface area contributed by atoms with Crippen LogP contribution in [-0.2, 0) is 11.8 Å². The molecule has 0 aliphatic heterocycles. The van der Waals surface area contributed by atoms with Crippen LogP contribution in [0.3, 0.4) is 0 Å². The SMILES string of the molecule is COC[C@H](C)NC(=O)c1cc2c(=O)n3ccccc3nc2n1C. The molecule has 0 aliphatic rings. The molecular weight excluding hydrogens is 296 g/mol. The topological polar surface area (TPSA) is 77.6 Å². The van der Waals surface area contributed by atoms with E-state index in [1.807, 2.05) is 13.0 Å². The first-order valence-electron chi connectivity index (χ1n) is 7.29. The molecule has 120 valence electrons. The van der Waals surface area contributed by atoms with E-state index in [0.717, 1.165) is 0 Å². The van der Waals surface area contributed by atoms with E-state index in [1.54, 1.807) is 43.1 Å². The highest BCUT2D eigenvalue weighted by Crippen LogP contribution is 2.15. The van der Waals surface area contributed by atoms with Crippen molar-refractivity contribution in [3.63, 3.8) is 0 Å². The quantitative estimate of drug-likeness (QED) is 0.778. The molecule has 1 amide bonds. The maximum absolute atomic E-state index is 12.6. The average molecular weight is 314 g/mol. The van der Waals surface area contributed by atoms with E-state index in [-0.39, 0.29) is 17.5 Å². The summed E-state index contributed by atoms with van der Waals surface area (Å²) >= 11 is 0. The van der Waals surface area contributed by atoms with E-state index >= 15 is 0 Å². The van der Waals surface area contributed by atoms with Crippen LogP contribution in [0.1, 0.15) is 17.4 Å². The Morgan fingerprint density at radius 3 is 2.96 bits per heavy atom. The van der Waals surface area contributed by atoms with Crippen LogP contribution in [0.2, 0.25) is 0 Å². The molecule has 3 rings (SSSR count). The third kappa shape index (κ3) is 2.59. The number of hydrogen-bond donors (Lipinski definition) is 1. The van der Waals surface area contributed by atoms with Gasteiger partial charge in [0, 0.05) is 26.4 Å². The largest absolute Gasteiger partial charge is 0.383 e. The highest BCUT2D eigenvalue weighted by molar-refractivity contribution is 5.98.